The van der Waals surface area contributed by atoms with Crippen LogP contribution >= 0.6 is 11.3 Å². The Balaban J connectivity index is 1.57. The highest BCUT2D eigenvalue weighted by Gasteiger charge is 2.20. The van der Waals surface area contributed by atoms with Crippen LogP contribution in [-0.2, 0) is 19.6 Å². The number of imidazole rings is 1. The van der Waals surface area contributed by atoms with E-state index in [2.05, 4.69) is 31.3 Å². The molecule has 5 heteroatoms. The van der Waals surface area contributed by atoms with Gasteiger partial charge in [0, 0.05) is 25.2 Å². The van der Waals surface area contributed by atoms with Crippen LogP contribution in [0.5, 0.6) is 0 Å². The molecule has 2 aromatic heterocycles. The lowest BCUT2D eigenvalue weighted by Gasteiger charge is -2.28. The van der Waals surface area contributed by atoms with E-state index in [1.54, 1.807) is 23.5 Å². The minimum absolute atomic E-state index is 0.206. The number of benzene rings is 1. The van der Waals surface area contributed by atoms with Gasteiger partial charge in [-0.15, -0.1) is 0 Å². The van der Waals surface area contributed by atoms with Crippen molar-refractivity contribution >= 4 is 11.3 Å². The van der Waals surface area contributed by atoms with E-state index in [4.69, 9.17) is 0 Å². The second kappa shape index (κ2) is 5.66. The number of aromatic nitrogens is 2. The SMILES string of the molecule is Fc1cccc(-c2cnc3n2CCN(Cc2ccsc2)C3)c1. The highest BCUT2D eigenvalue weighted by molar-refractivity contribution is 7.07. The highest BCUT2D eigenvalue weighted by atomic mass is 32.1. The molecule has 1 aliphatic rings. The first-order valence-corrected chi connectivity index (χ1v) is 8.27. The van der Waals surface area contributed by atoms with Crippen LogP contribution in [0.1, 0.15) is 11.4 Å². The summed E-state index contributed by atoms with van der Waals surface area (Å²) < 4.78 is 15.6. The second-order valence-electron chi connectivity index (χ2n) is 5.56. The molecular formula is C17H16FN3S. The van der Waals surface area contributed by atoms with Gasteiger partial charge in [-0.05, 0) is 34.5 Å². The van der Waals surface area contributed by atoms with Crippen LogP contribution in [0, 0.1) is 5.82 Å². The van der Waals surface area contributed by atoms with Crippen LogP contribution in [0.3, 0.4) is 0 Å². The van der Waals surface area contributed by atoms with Gasteiger partial charge in [0.15, 0.2) is 0 Å². The topological polar surface area (TPSA) is 21.1 Å². The van der Waals surface area contributed by atoms with E-state index in [1.165, 1.54) is 11.6 Å². The minimum atomic E-state index is -0.206. The summed E-state index contributed by atoms with van der Waals surface area (Å²) in [5.74, 6) is 0.851. The molecule has 0 unspecified atom stereocenters. The summed E-state index contributed by atoms with van der Waals surface area (Å²) in [5, 5.41) is 4.31. The predicted molar refractivity (Wildman–Crippen MR) is 86.1 cm³/mol. The van der Waals surface area contributed by atoms with Crippen molar-refractivity contribution in [2.24, 2.45) is 0 Å². The molecule has 0 saturated carbocycles. The maximum Gasteiger partial charge on any atom is 0.123 e. The molecule has 0 spiro atoms. The van der Waals surface area contributed by atoms with Crippen LogP contribution in [0.25, 0.3) is 11.3 Å². The van der Waals surface area contributed by atoms with Gasteiger partial charge in [0.05, 0.1) is 18.4 Å². The second-order valence-corrected chi connectivity index (χ2v) is 6.34. The Labute approximate surface area is 132 Å². The molecule has 22 heavy (non-hydrogen) atoms. The number of fused-ring (bicyclic) bond motifs is 1. The monoisotopic (exact) mass is 313 g/mol. The molecule has 0 fully saturated rings. The van der Waals surface area contributed by atoms with E-state index in [1.807, 2.05) is 12.3 Å². The van der Waals surface area contributed by atoms with Gasteiger partial charge in [-0.25, -0.2) is 9.37 Å². The third kappa shape index (κ3) is 2.58. The number of hydrogen-bond acceptors (Lipinski definition) is 3. The van der Waals surface area contributed by atoms with Crippen LogP contribution in [-0.4, -0.2) is 21.0 Å². The van der Waals surface area contributed by atoms with Gasteiger partial charge >= 0.3 is 0 Å². The lowest BCUT2D eigenvalue weighted by Crippen LogP contribution is -2.33. The van der Waals surface area contributed by atoms with Crippen molar-refractivity contribution in [1.29, 1.82) is 0 Å². The van der Waals surface area contributed by atoms with Crippen LogP contribution < -0.4 is 0 Å². The standard InChI is InChI=1S/C17H16FN3S/c18-15-3-1-2-14(8-15)16-9-19-17-11-20(5-6-21(16)17)10-13-4-7-22-12-13/h1-4,7-9,12H,5-6,10-11H2. The van der Waals surface area contributed by atoms with Crippen molar-refractivity contribution in [3.8, 4) is 11.3 Å². The largest absolute Gasteiger partial charge is 0.326 e. The Bertz CT molecular complexity index is 779. The lowest BCUT2D eigenvalue weighted by molar-refractivity contribution is 0.210. The molecule has 4 rings (SSSR count). The summed E-state index contributed by atoms with van der Waals surface area (Å²) in [6.07, 6.45) is 1.86. The normalized spacial score (nSPS) is 15.0. The van der Waals surface area contributed by atoms with E-state index in [9.17, 15) is 4.39 Å². The van der Waals surface area contributed by atoms with E-state index in [0.29, 0.717) is 0 Å². The molecule has 0 saturated heterocycles. The Kier molecular flexibility index (Phi) is 3.52. The number of halogens is 1. The number of thiophene rings is 1. The predicted octanol–water partition coefficient (Wildman–Crippen LogP) is 3.77. The Morgan fingerprint density at radius 3 is 3.00 bits per heavy atom. The van der Waals surface area contributed by atoms with Crippen molar-refractivity contribution in [3.63, 3.8) is 0 Å². The third-order valence-corrected chi connectivity index (χ3v) is 4.78. The van der Waals surface area contributed by atoms with Gasteiger partial charge < -0.3 is 4.57 Å². The van der Waals surface area contributed by atoms with Crippen LogP contribution in [0.15, 0.2) is 47.3 Å². The van der Waals surface area contributed by atoms with Crippen LogP contribution in [0.2, 0.25) is 0 Å². The summed E-state index contributed by atoms with van der Waals surface area (Å²) in [5.41, 5.74) is 3.25. The Morgan fingerprint density at radius 2 is 2.18 bits per heavy atom. The highest BCUT2D eigenvalue weighted by Crippen LogP contribution is 2.25. The molecular weight excluding hydrogens is 297 g/mol. The molecule has 1 aromatic carbocycles. The summed E-state index contributed by atoms with van der Waals surface area (Å²) >= 11 is 1.73. The fourth-order valence-corrected chi connectivity index (χ4v) is 3.62. The van der Waals surface area contributed by atoms with Crippen molar-refractivity contribution in [1.82, 2.24) is 14.5 Å². The number of rotatable bonds is 3. The zero-order chi connectivity index (χ0) is 14.9. The molecule has 112 valence electrons. The molecule has 0 N–H and O–H groups in total. The van der Waals surface area contributed by atoms with Crippen molar-refractivity contribution in [2.45, 2.75) is 19.6 Å². The fraction of sp³-hybridized carbons (Fsp3) is 0.235. The minimum Gasteiger partial charge on any atom is -0.326 e. The lowest BCUT2D eigenvalue weighted by atomic mass is 10.1. The summed E-state index contributed by atoms with van der Waals surface area (Å²) in [7, 11) is 0. The molecule has 0 radical (unpaired) electrons. The van der Waals surface area contributed by atoms with Gasteiger partial charge in [0.1, 0.15) is 11.6 Å². The molecule has 1 aliphatic heterocycles. The maximum absolute atomic E-state index is 13.4. The van der Waals surface area contributed by atoms with Crippen molar-refractivity contribution < 1.29 is 4.39 Å². The number of nitrogens with zero attached hydrogens (tertiary/aromatic N) is 3. The zero-order valence-electron chi connectivity index (χ0n) is 12.1. The van der Waals surface area contributed by atoms with Crippen molar-refractivity contribution in [2.75, 3.05) is 6.54 Å². The fourth-order valence-electron chi connectivity index (χ4n) is 2.96. The molecule has 0 bridgehead atoms. The van der Waals surface area contributed by atoms with Gasteiger partial charge in [0.2, 0.25) is 0 Å². The first-order chi connectivity index (χ1) is 10.8. The van der Waals surface area contributed by atoms with Crippen LogP contribution in [0.4, 0.5) is 4.39 Å². The molecule has 0 atom stereocenters. The third-order valence-electron chi connectivity index (χ3n) is 4.05. The molecule has 3 heterocycles. The Morgan fingerprint density at radius 1 is 1.23 bits per heavy atom. The average molecular weight is 313 g/mol. The van der Waals surface area contributed by atoms with Gasteiger partial charge in [0.25, 0.3) is 0 Å². The molecule has 3 nitrogen and oxygen atoms in total. The van der Waals surface area contributed by atoms with E-state index >= 15 is 0 Å². The summed E-state index contributed by atoms with van der Waals surface area (Å²) in [4.78, 5) is 6.95. The smallest absolute Gasteiger partial charge is 0.123 e. The Hall–Kier alpha value is -1.98. The molecule has 0 aliphatic carbocycles. The summed E-state index contributed by atoms with van der Waals surface area (Å²) in [6.45, 7) is 3.68. The zero-order valence-corrected chi connectivity index (χ0v) is 12.9. The first-order valence-electron chi connectivity index (χ1n) is 7.33. The van der Waals surface area contributed by atoms with E-state index < -0.39 is 0 Å². The first kappa shape index (κ1) is 13.7. The van der Waals surface area contributed by atoms with Gasteiger partial charge in [-0.2, -0.15) is 11.3 Å². The van der Waals surface area contributed by atoms with Gasteiger partial charge in [-0.1, -0.05) is 12.1 Å². The summed E-state index contributed by atoms with van der Waals surface area (Å²) in [6, 6.07) is 8.90. The van der Waals surface area contributed by atoms with Gasteiger partial charge in [-0.3, -0.25) is 4.90 Å². The maximum atomic E-state index is 13.4. The molecule has 0 amide bonds. The quantitative estimate of drug-likeness (QED) is 0.734. The molecule has 3 aromatic rings. The van der Waals surface area contributed by atoms with Crippen molar-refractivity contribution in [3.05, 3.63) is 64.5 Å². The van der Waals surface area contributed by atoms with E-state index in [0.717, 1.165) is 43.3 Å². The van der Waals surface area contributed by atoms with E-state index in [-0.39, 0.29) is 5.82 Å². The average Bonchev–Trinajstić information content (AvgIpc) is 3.16. The number of hydrogen-bond donors (Lipinski definition) is 0.